The van der Waals surface area contributed by atoms with Crippen LogP contribution in [0.1, 0.15) is 31.4 Å². The first-order chi connectivity index (χ1) is 15.6. The van der Waals surface area contributed by atoms with Crippen LogP contribution in [0.3, 0.4) is 0 Å². The van der Waals surface area contributed by atoms with Crippen LogP contribution < -0.4 is 16.4 Å². The van der Waals surface area contributed by atoms with E-state index in [0.717, 1.165) is 5.56 Å². The Hall–Kier alpha value is -3.59. The molecule has 0 bridgehead atoms. The molecule has 0 aliphatic heterocycles. The van der Waals surface area contributed by atoms with Crippen molar-refractivity contribution in [1.82, 2.24) is 10.6 Å². The average Bonchev–Trinajstić information content (AvgIpc) is 2.78. The van der Waals surface area contributed by atoms with Gasteiger partial charge in [0.2, 0.25) is 11.8 Å². The molecular formula is C24H31N3O6. The normalized spacial score (nSPS) is 14.5. The summed E-state index contributed by atoms with van der Waals surface area (Å²) in [6.07, 6.45) is 0.810. The first-order valence-electron chi connectivity index (χ1n) is 10.8. The highest BCUT2D eigenvalue weighted by Gasteiger charge is 2.30. The minimum absolute atomic E-state index is 0.0578. The molecule has 0 saturated heterocycles. The van der Waals surface area contributed by atoms with E-state index in [1.807, 2.05) is 6.92 Å². The summed E-state index contributed by atoms with van der Waals surface area (Å²) in [5.41, 5.74) is 7.43. The van der Waals surface area contributed by atoms with E-state index in [-0.39, 0.29) is 30.3 Å². The van der Waals surface area contributed by atoms with Gasteiger partial charge in [-0.2, -0.15) is 0 Å². The Morgan fingerprint density at radius 2 is 1.33 bits per heavy atom. The zero-order valence-electron chi connectivity index (χ0n) is 18.7. The molecule has 0 fully saturated rings. The molecule has 9 nitrogen and oxygen atoms in total. The van der Waals surface area contributed by atoms with Gasteiger partial charge in [-0.15, -0.1) is 0 Å². The summed E-state index contributed by atoms with van der Waals surface area (Å²) in [6.45, 7) is 3.55. The zero-order chi connectivity index (χ0) is 24.5. The van der Waals surface area contributed by atoms with E-state index in [2.05, 4.69) is 10.6 Å². The summed E-state index contributed by atoms with van der Waals surface area (Å²) in [4.78, 5) is 37.4. The first kappa shape index (κ1) is 25.7. The predicted molar refractivity (Wildman–Crippen MR) is 123 cm³/mol. The lowest BCUT2D eigenvalue weighted by molar-refractivity contribution is -0.143. The third kappa shape index (κ3) is 7.80. The molecule has 0 spiro atoms. The minimum atomic E-state index is -1.16. The van der Waals surface area contributed by atoms with Gasteiger partial charge in [0.05, 0.1) is 6.04 Å². The van der Waals surface area contributed by atoms with E-state index in [4.69, 9.17) is 5.73 Å². The number of hydrogen-bond acceptors (Lipinski definition) is 6. The Labute approximate surface area is 192 Å². The largest absolute Gasteiger partial charge is 0.508 e. The van der Waals surface area contributed by atoms with Gasteiger partial charge in [0, 0.05) is 6.42 Å². The zero-order valence-corrected chi connectivity index (χ0v) is 18.7. The van der Waals surface area contributed by atoms with Gasteiger partial charge in [-0.05, 0) is 47.7 Å². The number of rotatable bonds is 11. The Morgan fingerprint density at radius 1 is 0.848 bits per heavy atom. The van der Waals surface area contributed by atoms with Crippen LogP contribution in [0.4, 0.5) is 0 Å². The molecule has 178 valence electrons. The molecule has 4 atom stereocenters. The monoisotopic (exact) mass is 457 g/mol. The molecule has 9 heteroatoms. The van der Waals surface area contributed by atoms with Crippen molar-refractivity contribution in [1.29, 1.82) is 0 Å². The number of nitrogens with two attached hydrogens (primary N) is 1. The number of hydrogen-bond donors (Lipinski definition) is 6. The molecule has 7 N–H and O–H groups in total. The Morgan fingerprint density at radius 3 is 1.79 bits per heavy atom. The lowest BCUT2D eigenvalue weighted by Gasteiger charge is -2.25. The number of phenolic OH excluding ortho intramolecular Hbond substituents is 2. The molecular weight excluding hydrogens is 426 g/mol. The lowest BCUT2D eigenvalue weighted by Crippen LogP contribution is -2.56. The molecule has 0 heterocycles. The number of carbonyl (C=O) groups excluding carboxylic acids is 2. The molecule has 0 aromatic heterocycles. The maximum absolute atomic E-state index is 13.0. The van der Waals surface area contributed by atoms with Crippen LogP contribution in [-0.2, 0) is 27.2 Å². The number of amides is 2. The van der Waals surface area contributed by atoms with Crippen molar-refractivity contribution in [2.45, 2.75) is 51.2 Å². The van der Waals surface area contributed by atoms with Crippen molar-refractivity contribution in [2.75, 3.05) is 0 Å². The number of carboxylic acids is 1. The summed E-state index contributed by atoms with van der Waals surface area (Å²) < 4.78 is 0. The number of carboxylic acid groups (broad SMARTS) is 1. The van der Waals surface area contributed by atoms with Gasteiger partial charge < -0.3 is 31.7 Å². The van der Waals surface area contributed by atoms with Gasteiger partial charge in [0.15, 0.2) is 0 Å². The predicted octanol–water partition coefficient (Wildman–Crippen LogP) is 1.31. The Bertz CT molecular complexity index is 946. The molecule has 0 unspecified atom stereocenters. The van der Waals surface area contributed by atoms with Gasteiger partial charge in [-0.25, -0.2) is 4.79 Å². The molecule has 2 amide bonds. The molecule has 0 aliphatic rings. The third-order valence-corrected chi connectivity index (χ3v) is 5.51. The van der Waals surface area contributed by atoms with Crippen molar-refractivity contribution in [3.05, 3.63) is 59.7 Å². The van der Waals surface area contributed by atoms with Gasteiger partial charge in [-0.1, -0.05) is 44.5 Å². The van der Waals surface area contributed by atoms with E-state index in [9.17, 15) is 29.7 Å². The van der Waals surface area contributed by atoms with E-state index in [1.54, 1.807) is 31.2 Å². The fourth-order valence-electron chi connectivity index (χ4n) is 3.27. The first-order valence-corrected chi connectivity index (χ1v) is 10.8. The van der Waals surface area contributed by atoms with E-state index in [0.29, 0.717) is 12.0 Å². The second-order valence-electron chi connectivity index (χ2n) is 8.12. The standard InChI is InChI=1S/C24H31N3O6/c1-3-14(2)21(24(32)33)27-23(31)20(13-16-6-10-18(29)11-7-16)26-22(30)19(25)12-15-4-8-17(28)9-5-15/h4-11,14,19-21,28-29H,3,12-13,25H2,1-2H3,(H,26,30)(H,27,31)(H,32,33)/t14-,19-,20-,21-/m0/s1. The molecule has 2 aromatic carbocycles. The van der Waals surface area contributed by atoms with Crippen molar-refractivity contribution in [3.8, 4) is 11.5 Å². The maximum Gasteiger partial charge on any atom is 0.326 e. The average molecular weight is 458 g/mol. The maximum atomic E-state index is 13.0. The van der Waals surface area contributed by atoms with Crippen LogP contribution in [0.25, 0.3) is 0 Å². The minimum Gasteiger partial charge on any atom is -0.508 e. The number of phenols is 2. The number of benzene rings is 2. The number of carbonyl (C=O) groups is 3. The molecule has 0 radical (unpaired) electrons. The molecule has 2 aromatic rings. The number of aromatic hydroxyl groups is 2. The van der Waals surface area contributed by atoms with Crippen molar-refractivity contribution in [3.63, 3.8) is 0 Å². The Kier molecular flexibility index (Phi) is 9.23. The molecule has 33 heavy (non-hydrogen) atoms. The van der Waals surface area contributed by atoms with E-state index < -0.39 is 35.9 Å². The van der Waals surface area contributed by atoms with Crippen LogP contribution >= 0.6 is 0 Å². The quantitative estimate of drug-likeness (QED) is 0.296. The summed E-state index contributed by atoms with van der Waals surface area (Å²) >= 11 is 0. The van der Waals surface area contributed by atoms with Crippen molar-refractivity contribution >= 4 is 17.8 Å². The second-order valence-corrected chi connectivity index (χ2v) is 8.12. The van der Waals surface area contributed by atoms with E-state index >= 15 is 0 Å². The van der Waals surface area contributed by atoms with Crippen LogP contribution in [0.2, 0.25) is 0 Å². The van der Waals surface area contributed by atoms with Gasteiger partial charge in [0.1, 0.15) is 23.6 Å². The van der Waals surface area contributed by atoms with Crippen LogP contribution in [-0.4, -0.2) is 51.2 Å². The lowest BCUT2D eigenvalue weighted by atomic mass is 9.98. The van der Waals surface area contributed by atoms with E-state index in [1.165, 1.54) is 24.3 Å². The fraction of sp³-hybridized carbons (Fsp3) is 0.375. The summed E-state index contributed by atoms with van der Waals surface area (Å²) in [6, 6.07) is 9.27. The van der Waals surface area contributed by atoms with Gasteiger partial charge in [-0.3, -0.25) is 9.59 Å². The van der Waals surface area contributed by atoms with Gasteiger partial charge in [0.25, 0.3) is 0 Å². The van der Waals surface area contributed by atoms with Gasteiger partial charge >= 0.3 is 5.97 Å². The second kappa shape index (κ2) is 11.9. The summed E-state index contributed by atoms with van der Waals surface area (Å²) in [7, 11) is 0. The number of nitrogens with one attached hydrogen (secondary N) is 2. The summed E-state index contributed by atoms with van der Waals surface area (Å²) in [5.74, 6) is -2.53. The fourth-order valence-corrected chi connectivity index (χ4v) is 3.27. The highest BCUT2D eigenvalue weighted by molar-refractivity contribution is 5.92. The Balaban J connectivity index is 2.17. The molecule has 2 rings (SSSR count). The third-order valence-electron chi connectivity index (χ3n) is 5.51. The molecule has 0 aliphatic carbocycles. The SMILES string of the molecule is CC[C@H](C)[C@H](NC(=O)[C@H](Cc1ccc(O)cc1)NC(=O)[C@@H](N)Cc1ccc(O)cc1)C(=O)O. The molecule has 0 saturated carbocycles. The van der Waals surface area contributed by atoms with Crippen LogP contribution in [0.15, 0.2) is 48.5 Å². The van der Waals surface area contributed by atoms with Crippen molar-refractivity contribution in [2.24, 2.45) is 11.7 Å². The van der Waals surface area contributed by atoms with Crippen LogP contribution in [0.5, 0.6) is 11.5 Å². The van der Waals surface area contributed by atoms with Crippen LogP contribution in [0, 0.1) is 5.92 Å². The highest BCUT2D eigenvalue weighted by atomic mass is 16.4. The van der Waals surface area contributed by atoms with Crippen molar-refractivity contribution < 1.29 is 29.7 Å². The smallest absolute Gasteiger partial charge is 0.326 e. The highest BCUT2D eigenvalue weighted by Crippen LogP contribution is 2.14. The topological polar surface area (TPSA) is 162 Å². The number of aliphatic carboxylic acids is 1. The summed E-state index contributed by atoms with van der Waals surface area (Å²) in [5, 5.41) is 33.6.